The van der Waals surface area contributed by atoms with Crippen molar-refractivity contribution in [1.29, 1.82) is 0 Å². The van der Waals surface area contributed by atoms with Gasteiger partial charge in [-0.1, -0.05) is 42.0 Å². The lowest BCUT2D eigenvalue weighted by Crippen LogP contribution is -1.90. The van der Waals surface area contributed by atoms with Crippen LogP contribution in [0.5, 0.6) is 0 Å². The van der Waals surface area contributed by atoms with E-state index in [9.17, 15) is 4.39 Å². The van der Waals surface area contributed by atoms with Crippen LogP contribution >= 0.6 is 11.3 Å². The van der Waals surface area contributed by atoms with Gasteiger partial charge in [0.05, 0.1) is 11.9 Å². The number of rotatable bonds is 4. The van der Waals surface area contributed by atoms with E-state index >= 15 is 0 Å². The molecule has 1 N–H and O–H groups in total. The summed E-state index contributed by atoms with van der Waals surface area (Å²) in [6.45, 7) is 2.06. The highest BCUT2D eigenvalue weighted by Crippen LogP contribution is 2.25. The molecule has 3 nitrogen and oxygen atoms in total. The van der Waals surface area contributed by atoms with Crippen LogP contribution in [0.4, 0.5) is 9.52 Å². The summed E-state index contributed by atoms with van der Waals surface area (Å²) in [4.78, 5) is 4.49. The van der Waals surface area contributed by atoms with Gasteiger partial charge in [-0.3, -0.25) is 5.43 Å². The fraction of sp³-hybridized carbons (Fsp3) is 0.0588. The number of benzene rings is 2. The molecule has 0 spiro atoms. The van der Waals surface area contributed by atoms with Crippen molar-refractivity contribution >= 4 is 22.7 Å². The molecule has 0 saturated carbocycles. The van der Waals surface area contributed by atoms with Crippen molar-refractivity contribution in [3.8, 4) is 11.3 Å². The zero-order valence-corrected chi connectivity index (χ0v) is 12.8. The van der Waals surface area contributed by atoms with Crippen molar-refractivity contribution in [2.45, 2.75) is 6.92 Å². The van der Waals surface area contributed by atoms with Crippen LogP contribution in [0.2, 0.25) is 0 Å². The number of hydrogen-bond donors (Lipinski definition) is 1. The quantitative estimate of drug-likeness (QED) is 0.560. The number of hydrazone groups is 1. The second-order valence-corrected chi connectivity index (χ2v) is 5.68. The van der Waals surface area contributed by atoms with Crippen LogP contribution in [0.3, 0.4) is 0 Å². The molecule has 0 fully saturated rings. The van der Waals surface area contributed by atoms with Crippen LogP contribution in [0.25, 0.3) is 11.3 Å². The lowest BCUT2D eigenvalue weighted by molar-refractivity contribution is 0.628. The predicted molar refractivity (Wildman–Crippen MR) is 89.9 cm³/mol. The fourth-order valence-electron chi connectivity index (χ4n) is 1.89. The molecule has 5 heteroatoms. The van der Waals surface area contributed by atoms with Crippen LogP contribution in [0.15, 0.2) is 59.0 Å². The van der Waals surface area contributed by atoms with Gasteiger partial charge in [-0.25, -0.2) is 9.37 Å². The molecule has 110 valence electrons. The van der Waals surface area contributed by atoms with Gasteiger partial charge < -0.3 is 0 Å². The third-order valence-corrected chi connectivity index (χ3v) is 3.84. The monoisotopic (exact) mass is 311 g/mol. The molecule has 0 aliphatic rings. The average Bonchev–Trinajstić information content (AvgIpc) is 2.99. The van der Waals surface area contributed by atoms with Gasteiger partial charge in [0.15, 0.2) is 0 Å². The smallest absolute Gasteiger partial charge is 0.203 e. The Bertz CT molecular complexity index is 776. The van der Waals surface area contributed by atoms with Gasteiger partial charge in [-0.2, -0.15) is 5.10 Å². The molecule has 0 saturated heterocycles. The number of aryl methyl sites for hydroxylation is 1. The van der Waals surface area contributed by atoms with Gasteiger partial charge >= 0.3 is 0 Å². The van der Waals surface area contributed by atoms with Crippen LogP contribution < -0.4 is 5.43 Å². The molecular formula is C17H14FN3S. The van der Waals surface area contributed by atoms with E-state index in [0.717, 1.165) is 16.8 Å². The van der Waals surface area contributed by atoms with E-state index < -0.39 is 0 Å². The van der Waals surface area contributed by atoms with Gasteiger partial charge in [-0.15, -0.1) is 11.3 Å². The molecule has 0 atom stereocenters. The lowest BCUT2D eigenvalue weighted by atomic mass is 10.1. The third kappa shape index (κ3) is 3.56. The van der Waals surface area contributed by atoms with Crippen LogP contribution in [-0.4, -0.2) is 11.2 Å². The van der Waals surface area contributed by atoms with Crippen LogP contribution in [0.1, 0.15) is 11.1 Å². The van der Waals surface area contributed by atoms with E-state index in [1.54, 1.807) is 18.3 Å². The highest BCUT2D eigenvalue weighted by molar-refractivity contribution is 7.14. The first-order chi connectivity index (χ1) is 10.7. The molecule has 0 radical (unpaired) electrons. The maximum absolute atomic E-state index is 12.8. The van der Waals surface area contributed by atoms with Crippen molar-refractivity contribution in [2.24, 2.45) is 5.10 Å². The molecule has 1 aromatic heterocycles. The molecule has 1 heterocycles. The topological polar surface area (TPSA) is 37.3 Å². The molecule has 3 rings (SSSR count). The Labute approximate surface area is 132 Å². The Balaban J connectivity index is 1.66. The lowest BCUT2D eigenvalue weighted by Gasteiger charge is -1.97. The SMILES string of the molecule is Cc1ccc(-c2csc(N/N=C\c3ccc(F)cc3)n2)cc1. The maximum atomic E-state index is 12.8. The standard InChI is InChI=1S/C17H14FN3S/c1-12-2-6-14(7-3-12)16-11-22-17(20-16)21-19-10-13-4-8-15(18)9-5-13/h2-11H,1H3,(H,20,21)/b19-10-. The second kappa shape index (κ2) is 6.49. The van der Waals surface area contributed by atoms with E-state index in [2.05, 4.69) is 46.7 Å². The summed E-state index contributed by atoms with van der Waals surface area (Å²) in [5.41, 5.74) is 6.94. The van der Waals surface area contributed by atoms with Crippen molar-refractivity contribution in [3.05, 3.63) is 70.9 Å². The zero-order chi connectivity index (χ0) is 15.4. The molecule has 0 unspecified atom stereocenters. The summed E-state index contributed by atoms with van der Waals surface area (Å²) in [5.74, 6) is -0.257. The number of anilines is 1. The van der Waals surface area contributed by atoms with E-state index in [-0.39, 0.29) is 5.82 Å². The predicted octanol–water partition coefficient (Wildman–Crippen LogP) is 4.70. The second-order valence-electron chi connectivity index (χ2n) is 4.83. The molecule has 3 aromatic rings. The Morgan fingerprint density at radius 2 is 1.82 bits per heavy atom. The van der Waals surface area contributed by atoms with Crippen LogP contribution in [-0.2, 0) is 0 Å². The number of aromatic nitrogens is 1. The molecular weight excluding hydrogens is 297 g/mol. The number of halogens is 1. The highest BCUT2D eigenvalue weighted by Gasteiger charge is 2.03. The summed E-state index contributed by atoms with van der Waals surface area (Å²) >= 11 is 1.49. The minimum absolute atomic E-state index is 0.257. The van der Waals surface area contributed by atoms with Crippen molar-refractivity contribution in [2.75, 3.05) is 5.43 Å². The highest BCUT2D eigenvalue weighted by atomic mass is 32.1. The fourth-order valence-corrected chi connectivity index (χ4v) is 2.56. The normalized spacial score (nSPS) is 11.0. The Morgan fingerprint density at radius 3 is 2.55 bits per heavy atom. The minimum Gasteiger partial charge on any atom is -0.253 e. The Kier molecular flexibility index (Phi) is 4.25. The number of hydrogen-bond acceptors (Lipinski definition) is 4. The Morgan fingerprint density at radius 1 is 1.09 bits per heavy atom. The summed E-state index contributed by atoms with van der Waals surface area (Å²) < 4.78 is 12.8. The number of nitrogens with one attached hydrogen (secondary N) is 1. The summed E-state index contributed by atoms with van der Waals surface area (Å²) in [7, 11) is 0. The van der Waals surface area contributed by atoms with E-state index in [0.29, 0.717) is 5.13 Å². The van der Waals surface area contributed by atoms with E-state index in [4.69, 9.17) is 0 Å². The van der Waals surface area contributed by atoms with Gasteiger partial charge in [-0.05, 0) is 24.6 Å². The van der Waals surface area contributed by atoms with Gasteiger partial charge in [0, 0.05) is 10.9 Å². The Hall–Kier alpha value is -2.53. The first-order valence-electron chi connectivity index (χ1n) is 6.78. The minimum atomic E-state index is -0.257. The zero-order valence-electron chi connectivity index (χ0n) is 12.0. The van der Waals surface area contributed by atoms with Gasteiger partial charge in [0.25, 0.3) is 0 Å². The molecule has 22 heavy (non-hydrogen) atoms. The van der Waals surface area contributed by atoms with E-state index in [1.807, 2.05) is 5.38 Å². The summed E-state index contributed by atoms with van der Waals surface area (Å²) in [6, 6.07) is 14.4. The van der Waals surface area contributed by atoms with Crippen molar-refractivity contribution < 1.29 is 4.39 Å². The van der Waals surface area contributed by atoms with Gasteiger partial charge in [0.2, 0.25) is 5.13 Å². The first-order valence-corrected chi connectivity index (χ1v) is 7.66. The van der Waals surface area contributed by atoms with Crippen molar-refractivity contribution in [3.63, 3.8) is 0 Å². The first kappa shape index (κ1) is 14.4. The van der Waals surface area contributed by atoms with Gasteiger partial charge in [0.1, 0.15) is 5.82 Å². The number of nitrogens with zero attached hydrogens (tertiary/aromatic N) is 2. The van der Waals surface area contributed by atoms with Crippen LogP contribution in [0, 0.1) is 12.7 Å². The van der Waals surface area contributed by atoms with Crippen molar-refractivity contribution in [1.82, 2.24) is 4.98 Å². The largest absolute Gasteiger partial charge is 0.253 e. The molecule has 2 aromatic carbocycles. The summed E-state index contributed by atoms with van der Waals surface area (Å²) in [6.07, 6.45) is 1.63. The maximum Gasteiger partial charge on any atom is 0.203 e. The number of thiazole rings is 1. The molecule has 0 aliphatic carbocycles. The van der Waals surface area contributed by atoms with E-state index in [1.165, 1.54) is 29.0 Å². The third-order valence-electron chi connectivity index (χ3n) is 3.10. The average molecular weight is 311 g/mol. The summed E-state index contributed by atoms with van der Waals surface area (Å²) in [5, 5.41) is 6.82. The molecule has 0 aliphatic heterocycles. The molecule has 0 bridgehead atoms. The molecule has 0 amide bonds.